The summed E-state index contributed by atoms with van der Waals surface area (Å²) in [6, 6.07) is -0.0259. The number of ketones is 1. The summed E-state index contributed by atoms with van der Waals surface area (Å²) in [5.41, 5.74) is 1.60. The molecular formula is C22H29NO4. The molecule has 27 heavy (non-hydrogen) atoms. The average molecular weight is 371 g/mol. The highest BCUT2D eigenvalue weighted by atomic mass is 16.6. The van der Waals surface area contributed by atoms with E-state index in [1.54, 1.807) is 0 Å². The van der Waals surface area contributed by atoms with E-state index in [1.807, 2.05) is 0 Å². The number of rotatable bonds is 1. The van der Waals surface area contributed by atoms with Crippen LogP contribution in [-0.4, -0.2) is 40.6 Å². The van der Waals surface area contributed by atoms with Gasteiger partial charge in [-0.1, -0.05) is 25.0 Å². The molecular weight excluding hydrogens is 342 g/mol. The smallest absolute Gasteiger partial charge is 0.307 e. The second-order valence-electron chi connectivity index (χ2n) is 10.8. The molecule has 146 valence electrons. The highest BCUT2D eigenvalue weighted by molar-refractivity contribution is 5.95. The molecule has 0 amide bonds. The maximum atomic E-state index is 14.2. The van der Waals surface area contributed by atoms with E-state index in [4.69, 9.17) is 0 Å². The zero-order valence-electron chi connectivity index (χ0n) is 16.2. The number of nitrogens with zero attached hydrogens (tertiary/aromatic N) is 1. The van der Waals surface area contributed by atoms with Crippen LogP contribution < -0.4 is 0 Å². The maximum absolute atomic E-state index is 14.2. The Kier molecular flexibility index (Phi) is 2.90. The van der Waals surface area contributed by atoms with Gasteiger partial charge in [0, 0.05) is 29.6 Å². The van der Waals surface area contributed by atoms with Crippen molar-refractivity contribution in [2.24, 2.45) is 40.4 Å². The third-order valence-corrected chi connectivity index (χ3v) is 10.2. The number of hydrogen-bond acceptors (Lipinski definition) is 3. The molecule has 0 aromatic heterocycles. The number of piperidine rings is 1. The van der Waals surface area contributed by atoms with Crippen LogP contribution in [0.4, 0.5) is 0 Å². The lowest BCUT2D eigenvalue weighted by molar-refractivity contribution is -0.908. The average Bonchev–Trinajstić information content (AvgIpc) is 3.19. The van der Waals surface area contributed by atoms with E-state index in [-0.39, 0.29) is 39.8 Å². The minimum atomic E-state index is -0.742. The predicted octanol–water partition coefficient (Wildman–Crippen LogP) is 3.14. The highest BCUT2D eigenvalue weighted by Crippen LogP contribution is 2.75. The summed E-state index contributed by atoms with van der Waals surface area (Å²) >= 11 is 0. The van der Waals surface area contributed by atoms with Gasteiger partial charge in [0.1, 0.15) is 5.78 Å². The molecule has 1 N–H and O–H groups in total. The quantitative estimate of drug-likeness (QED) is 0.436. The number of allylic oxidation sites excluding steroid dienone is 2. The van der Waals surface area contributed by atoms with Crippen molar-refractivity contribution >= 4 is 11.8 Å². The van der Waals surface area contributed by atoms with Gasteiger partial charge in [0.25, 0.3) is 0 Å². The fourth-order valence-electron chi connectivity index (χ4n) is 9.23. The summed E-state index contributed by atoms with van der Waals surface area (Å²) in [6.45, 7) is 5.51. The van der Waals surface area contributed by atoms with Gasteiger partial charge < -0.3 is 15.0 Å². The zero-order chi connectivity index (χ0) is 18.9. The van der Waals surface area contributed by atoms with Crippen molar-refractivity contribution in [2.45, 2.75) is 58.4 Å². The van der Waals surface area contributed by atoms with Crippen molar-refractivity contribution in [2.75, 3.05) is 13.1 Å². The maximum Gasteiger partial charge on any atom is 0.307 e. The van der Waals surface area contributed by atoms with Gasteiger partial charge in [-0.05, 0) is 38.0 Å². The second-order valence-corrected chi connectivity index (χ2v) is 10.8. The molecule has 1 spiro atoms. The summed E-state index contributed by atoms with van der Waals surface area (Å²) < 4.78 is -0.126. The fraction of sp³-hybridized carbons (Fsp3) is 0.818. The van der Waals surface area contributed by atoms with Crippen LogP contribution in [0, 0.1) is 45.6 Å². The predicted molar refractivity (Wildman–Crippen MR) is 98.2 cm³/mol. The van der Waals surface area contributed by atoms with Crippen LogP contribution in [0.1, 0.15) is 52.4 Å². The standard InChI is InChI=1S/C22H29NO4/c1-11-9-23(27)10-13-5-3-12-4-6-14-16(20(25)26)8-22(18(12)14)19(24)15(11)7-17(23)21(13,22)2/h11,13-17H,3-10H2,1-2H3,(H,25,26)/t11-,13-,14-,15-,16-,17-,21-,22+,23?/m1/s1. The lowest BCUT2D eigenvalue weighted by Gasteiger charge is -2.62. The van der Waals surface area contributed by atoms with Gasteiger partial charge in [-0.15, -0.1) is 0 Å². The molecule has 0 aromatic carbocycles. The largest absolute Gasteiger partial charge is 0.633 e. The molecule has 2 heterocycles. The van der Waals surface area contributed by atoms with Gasteiger partial charge in [0.2, 0.25) is 0 Å². The Morgan fingerprint density at radius 3 is 2.70 bits per heavy atom. The molecule has 5 heteroatoms. The summed E-state index contributed by atoms with van der Waals surface area (Å²) in [4.78, 5) is 26.3. The fourth-order valence-corrected chi connectivity index (χ4v) is 9.23. The minimum Gasteiger partial charge on any atom is -0.633 e. The van der Waals surface area contributed by atoms with E-state index in [9.17, 15) is 19.9 Å². The molecule has 0 radical (unpaired) electrons. The van der Waals surface area contributed by atoms with Crippen molar-refractivity contribution in [3.63, 3.8) is 0 Å². The van der Waals surface area contributed by atoms with E-state index in [2.05, 4.69) is 13.8 Å². The van der Waals surface area contributed by atoms with E-state index in [0.717, 1.165) is 32.1 Å². The van der Waals surface area contributed by atoms with Gasteiger partial charge in [0.15, 0.2) is 0 Å². The molecule has 4 fully saturated rings. The topological polar surface area (TPSA) is 77.4 Å². The lowest BCUT2D eigenvalue weighted by Crippen LogP contribution is -2.68. The second kappa shape index (κ2) is 4.68. The number of carboxylic acids is 1. The van der Waals surface area contributed by atoms with Crippen LogP contribution in [0.5, 0.6) is 0 Å². The van der Waals surface area contributed by atoms with Crippen molar-refractivity contribution < 1.29 is 19.3 Å². The number of hydrogen-bond donors (Lipinski definition) is 1. The van der Waals surface area contributed by atoms with E-state index in [1.165, 1.54) is 11.1 Å². The first-order valence-electron chi connectivity index (χ1n) is 10.8. The Labute approximate surface area is 160 Å². The van der Waals surface area contributed by atoms with Gasteiger partial charge in [-0.25, -0.2) is 0 Å². The number of Topliss-reactive ketones (excluding diaryl/α,β-unsaturated/α-hetero) is 1. The van der Waals surface area contributed by atoms with Crippen molar-refractivity contribution in [3.8, 4) is 0 Å². The molecule has 5 nitrogen and oxygen atoms in total. The Hall–Kier alpha value is -1.20. The van der Waals surface area contributed by atoms with Gasteiger partial charge in [-0.2, -0.15) is 0 Å². The van der Waals surface area contributed by atoms with Crippen molar-refractivity contribution in [1.29, 1.82) is 0 Å². The van der Waals surface area contributed by atoms with Crippen LogP contribution in [0.2, 0.25) is 0 Å². The normalized spacial score (nSPS) is 57.7. The van der Waals surface area contributed by atoms with E-state index in [0.29, 0.717) is 25.3 Å². The molecule has 2 bridgehead atoms. The van der Waals surface area contributed by atoms with Gasteiger partial charge in [0.05, 0.1) is 30.5 Å². The number of carboxylic acid groups (broad SMARTS) is 1. The van der Waals surface area contributed by atoms with Gasteiger partial charge >= 0.3 is 5.97 Å². The Morgan fingerprint density at radius 2 is 1.96 bits per heavy atom. The molecule has 6 aliphatic rings. The Balaban J connectivity index is 1.66. The number of aliphatic carboxylic acids is 1. The molecule has 4 aliphatic carbocycles. The summed E-state index contributed by atoms with van der Waals surface area (Å²) in [7, 11) is 0. The first-order valence-corrected chi connectivity index (χ1v) is 10.8. The number of quaternary nitrogens is 1. The number of carbonyl (C=O) groups excluding carboxylic acids is 1. The van der Waals surface area contributed by atoms with Crippen LogP contribution in [-0.2, 0) is 9.59 Å². The van der Waals surface area contributed by atoms with Crippen molar-refractivity contribution in [1.82, 2.24) is 0 Å². The van der Waals surface area contributed by atoms with Crippen molar-refractivity contribution in [3.05, 3.63) is 16.4 Å². The molecule has 6 rings (SSSR count). The highest BCUT2D eigenvalue weighted by Gasteiger charge is 2.79. The Morgan fingerprint density at radius 1 is 1.22 bits per heavy atom. The van der Waals surface area contributed by atoms with Gasteiger partial charge in [-0.3, -0.25) is 9.59 Å². The molecule has 2 saturated carbocycles. The first kappa shape index (κ1) is 16.7. The Bertz CT molecular complexity index is 819. The van der Waals surface area contributed by atoms with Crippen LogP contribution >= 0.6 is 0 Å². The number of fused-ring (bicyclic) bond motifs is 1. The third kappa shape index (κ3) is 1.56. The minimum absolute atomic E-state index is 0.0259. The molecule has 2 aliphatic heterocycles. The van der Waals surface area contributed by atoms with Crippen LogP contribution in [0.15, 0.2) is 11.1 Å². The zero-order valence-corrected chi connectivity index (χ0v) is 16.2. The molecule has 0 aromatic rings. The van der Waals surface area contributed by atoms with Crippen LogP contribution in [0.25, 0.3) is 0 Å². The molecule has 1 unspecified atom stereocenters. The molecule has 9 atom stereocenters. The number of hydroxylamine groups is 3. The summed E-state index contributed by atoms with van der Waals surface area (Å²) in [5.74, 6) is -0.540. The summed E-state index contributed by atoms with van der Waals surface area (Å²) in [5, 5.41) is 23.9. The SMILES string of the molecule is C[C@@H]1C[N+]2([O-])C[C@H]3CCC4=C5[C@H](CC4)[C@H](C(=O)O)C[C@@]54C(=O)[C@@H]1C[C@@H]2[C@@]34C. The third-order valence-electron chi connectivity index (χ3n) is 10.2. The molecule has 2 saturated heterocycles. The van der Waals surface area contributed by atoms with E-state index >= 15 is 0 Å². The van der Waals surface area contributed by atoms with E-state index < -0.39 is 17.3 Å². The number of carbonyl (C=O) groups is 2. The summed E-state index contributed by atoms with van der Waals surface area (Å²) in [6.07, 6.45) is 5.01. The van der Waals surface area contributed by atoms with Crippen LogP contribution in [0.3, 0.4) is 0 Å². The first-order chi connectivity index (χ1) is 12.7. The lowest BCUT2D eigenvalue weighted by atomic mass is 9.45. The monoisotopic (exact) mass is 371 g/mol.